The van der Waals surface area contributed by atoms with Gasteiger partial charge in [-0.05, 0) is 53.5 Å². The normalized spacial score (nSPS) is 11.9. The number of aromatic nitrogens is 2. The Balaban J connectivity index is 1.66. The molecule has 3 heteroatoms. The van der Waals surface area contributed by atoms with Crippen LogP contribution in [0.25, 0.3) is 5.57 Å². The molecule has 4 aromatic rings. The molecule has 0 aliphatic rings. The van der Waals surface area contributed by atoms with Crippen molar-refractivity contribution in [1.82, 2.24) is 9.55 Å². The van der Waals surface area contributed by atoms with Crippen LogP contribution in [0.1, 0.15) is 18.1 Å². The average molecular weight is 383 g/mol. The molecule has 0 unspecified atom stereocenters. The Morgan fingerprint density at radius 2 is 1.39 bits per heavy atom. The van der Waals surface area contributed by atoms with E-state index in [0.717, 1.165) is 6.54 Å². The number of hydrogen-bond donors (Lipinski definition) is 0. The fourth-order valence-corrected chi connectivity index (χ4v) is 4.15. The molecule has 0 saturated heterocycles. The molecule has 1 aromatic heterocycles. The summed E-state index contributed by atoms with van der Waals surface area (Å²) in [6, 6.07) is 30.0. The lowest BCUT2D eigenvalue weighted by Crippen LogP contribution is -2.00. The number of hydrogen-bond acceptors (Lipinski definition) is 2. The average Bonchev–Trinajstić information content (AvgIpc) is 3.24. The maximum absolute atomic E-state index is 4.17. The molecule has 0 radical (unpaired) electrons. The lowest BCUT2D eigenvalue weighted by Gasteiger charge is -2.15. The summed E-state index contributed by atoms with van der Waals surface area (Å²) in [4.78, 5) is 6.67. The highest BCUT2D eigenvalue weighted by Gasteiger charge is 2.10. The van der Waals surface area contributed by atoms with E-state index in [9.17, 15) is 0 Å². The van der Waals surface area contributed by atoms with Gasteiger partial charge < -0.3 is 4.57 Å². The van der Waals surface area contributed by atoms with Gasteiger partial charge in [0.1, 0.15) is 0 Å². The number of rotatable bonds is 6. The Morgan fingerprint density at radius 1 is 0.786 bits per heavy atom. The van der Waals surface area contributed by atoms with Gasteiger partial charge in [-0.25, -0.2) is 4.98 Å². The molecular weight excluding hydrogens is 360 g/mol. The number of nitrogens with zero attached hydrogens (tertiary/aromatic N) is 2. The third-order valence-corrected chi connectivity index (χ3v) is 5.61. The van der Waals surface area contributed by atoms with E-state index in [2.05, 4.69) is 95.3 Å². The third-order valence-electron chi connectivity index (χ3n) is 4.59. The van der Waals surface area contributed by atoms with Gasteiger partial charge in [-0.3, -0.25) is 0 Å². The van der Waals surface area contributed by atoms with Gasteiger partial charge in [0, 0.05) is 28.7 Å². The topological polar surface area (TPSA) is 17.8 Å². The van der Waals surface area contributed by atoms with Gasteiger partial charge in [0.2, 0.25) is 0 Å². The fourth-order valence-electron chi connectivity index (χ4n) is 3.31. The second-order valence-corrected chi connectivity index (χ2v) is 7.84. The molecule has 2 nitrogen and oxygen atoms in total. The summed E-state index contributed by atoms with van der Waals surface area (Å²) in [6.45, 7) is 3.03. The first-order valence-electron chi connectivity index (χ1n) is 9.34. The molecule has 3 aromatic carbocycles. The summed E-state index contributed by atoms with van der Waals surface area (Å²) in [5, 5.41) is 0. The smallest absolute Gasteiger partial charge is 0.0948 e. The SMILES string of the molecule is CC(Cn1ccnc1)=C(c1ccccc1)c1ccc(Sc2ccccc2)cc1. The molecule has 0 aliphatic carbocycles. The van der Waals surface area contributed by atoms with Crippen LogP contribution in [0.2, 0.25) is 0 Å². The molecule has 0 amide bonds. The molecule has 138 valence electrons. The zero-order chi connectivity index (χ0) is 19.2. The molecule has 4 rings (SSSR count). The van der Waals surface area contributed by atoms with Crippen molar-refractivity contribution in [3.63, 3.8) is 0 Å². The maximum atomic E-state index is 4.17. The van der Waals surface area contributed by atoms with Gasteiger partial charge in [0.15, 0.2) is 0 Å². The maximum Gasteiger partial charge on any atom is 0.0948 e. The van der Waals surface area contributed by atoms with E-state index in [1.54, 1.807) is 11.8 Å². The van der Waals surface area contributed by atoms with Gasteiger partial charge in [0.25, 0.3) is 0 Å². The summed E-state index contributed by atoms with van der Waals surface area (Å²) >= 11 is 1.79. The molecule has 0 spiro atoms. The monoisotopic (exact) mass is 382 g/mol. The Kier molecular flexibility index (Phi) is 5.74. The molecular formula is C25H22N2S. The minimum atomic E-state index is 0.824. The van der Waals surface area contributed by atoms with E-state index >= 15 is 0 Å². The Bertz CT molecular complexity index is 1030. The number of imidazole rings is 1. The molecule has 0 bridgehead atoms. The molecule has 0 N–H and O–H groups in total. The summed E-state index contributed by atoms with van der Waals surface area (Å²) in [7, 11) is 0. The van der Waals surface area contributed by atoms with Gasteiger partial charge >= 0.3 is 0 Å². The van der Waals surface area contributed by atoms with E-state index in [1.807, 2.05) is 24.8 Å². The predicted molar refractivity (Wildman–Crippen MR) is 117 cm³/mol. The Hall–Kier alpha value is -3.04. The van der Waals surface area contributed by atoms with Crippen molar-refractivity contribution in [3.8, 4) is 0 Å². The minimum absolute atomic E-state index is 0.824. The van der Waals surface area contributed by atoms with Gasteiger partial charge in [-0.1, -0.05) is 72.4 Å². The standard InChI is InChI=1S/C25H22N2S/c1-20(18-27-17-16-26-19-27)25(21-8-4-2-5-9-21)22-12-14-24(15-13-22)28-23-10-6-3-7-11-23/h2-17,19H,18H2,1H3. The van der Waals surface area contributed by atoms with Crippen molar-refractivity contribution in [1.29, 1.82) is 0 Å². The molecule has 0 atom stereocenters. The van der Waals surface area contributed by atoms with Crippen LogP contribution in [0.15, 0.2) is 119 Å². The van der Waals surface area contributed by atoms with Gasteiger partial charge in [-0.2, -0.15) is 0 Å². The lowest BCUT2D eigenvalue weighted by molar-refractivity contribution is 0.784. The highest BCUT2D eigenvalue weighted by molar-refractivity contribution is 7.99. The van der Waals surface area contributed by atoms with E-state index in [0.29, 0.717) is 0 Å². The van der Waals surface area contributed by atoms with Crippen molar-refractivity contribution in [2.45, 2.75) is 23.3 Å². The van der Waals surface area contributed by atoms with Crippen LogP contribution in [0.3, 0.4) is 0 Å². The van der Waals surface area contributed by atoms with E-state index in [-0.39, 0.29) is 0 Å². The van der Waals surface area contributed by atoms with E-state index in [4.69, 9.17) is 0 Å². The first-order chi connectivity index (χ1) is 13.8. The molecule has 0 saturated carbocycles. The minimum Gasteiger partial charge on any atom is -0.333 e. The van der Waals surface area contributed by atoms with E-state index in [1.165, 1.54) is 32.1 Å². The van der Waals surface area contributed by atoms with Crippen LogP contribution in [0.5, 0.6) is 0 Å². The van der Waals surface area contributed by atoms with Crippen LogP contribution < -0.4 is 0 Å². The van der Waals surface area contributed by atoms with Crippen molar-refractivity contribution in [3.05, 3.63) is 120 Å². The lowest BCUT2D eigenvalue weighted by atomic mass is 9.93. The highest BCUT2D eigenvalue weighted by Crippen LogP contribution is 2.32. The predicted octanol–water partition coefficient (Wildman–Crippen LogP) is 6.56. The molecule has 0 fully saturated rings. The van der Waals surface area contributed by atoms with Crippen LogP contribution in [0.4, 0.5) is 0 Å². The Morgan fingerprint density at radius 3 is 2.04 bits per heavy atom. The van der Waals surface area contributed by atoms with Crippen molar-refractivity contribution in [2.75, 3.05) is 0 Å². The van der Waals surface area contributed by atoms with Crippen LogP contribution in [0, 0.1) is 0 Å². The summed E-state index contributed by atoms with van der Waals surface area (Å²) < 4.78 is 2.11. The number of allylic oxidation sites excluding steroid dienone is 1. The zero-order valence-corrected chi connectivity index (χ0v) is 16.6. The fraction of sp³-hybridized carbons (Fsp3) is 0.0800. The Labute approximate surface area is 170 Å². The number of benzene rings is 3. The molecule has 0 aliphatic heterocycles. The first kappa shape index (κ1) is 18.3. The second-order valence-electron chi connectivity index (χ2n) is 6.70. The molecule has 28 heavy (non-hydrogen) atoms. The quantitative estimate of drug-likeness (QED) is 0.376. The molecule has 1 heterocycles. The first-order valence-corrected chi connectivity index (χ1v) is 10.2. The van der Waals surface area contributed by atoms with Crippen molar-refractivity contribution >= 4 is 17.3 Å². The summed E-state index contributed by atoms with van der Waals surface area (Å²) in [5.74, 6) is 0. The van der Waals surface area contributed by atoms with Crippen molar-refractivity contribution in [2.24, 2.45) is 0 Å². The largest absolute Gasteiger partial charge is 0.333 e. The second kappa shape index (κ2) is 8.77. The third kappa shape index (κ3) is 4.44. The summed E-state index contributed by atoms with van der Waals surface area (Å²) in [6.07, 6.45) is 5.70. The van der Waals surface area contributed by atoms with Crippen LogP contribution >= 0.6 is 11.8 Å². The van der Waals surface area contributed by atoms with Gasteiger partial charge in [0.05, 0.1) is 6.33 Å². The van der Waals surface area contributed by atoms with Crippen LogP contribution in [-0.4, -0.2) is 9.55 Å². The highest BCUT2D eigenvalue weighted by atomic mass is 32.2. The zero-order valence-electron chi connectivity index (χ0n) is 15.8. The van der Waals surface area contributed by atoms with E-state index < -0.39 is 0 Å². The van der Waals surface area contributed by atoms with Crippen molar-refractivity contribution < 1.29 is 0 Å². The summed E-state index contributed by atoms with van der Waals surface area (Å²) in [5.41, 5.74) is 5.07. The van der Waals surface area contributed by atoms with Crippen LogP contribution in [-0.2, 0) is 6.54 Å². The van der Waals surface area contributed by atoms with Gasteiger partial charge in [-0.15, -0.1) is 0 Å².